The summed E-state index contributed by atoms with van der Waals surface area (Å²) in [6.45, 7) is 0.522. The molecular weight excluding hydrogens is 320 g/mol. The van der Waals surface area contributed by atoms with Crippen LogP contribution in [0.3, 0.4) is 0 Å². The summed E-state index contributed by atoms with van der Waals surface area (Å²) in [6.07, 6.45) is 2.16. The van der Waals surface area contributed by atoms with Gasteiger partial charge < -0.3 is 24.3 Å². The SMILES string of the molecule is Oc1ccc(CCn2c(-c3ccco3)nc3cccc(O)c32)cc1O. The highest BCUT2D eigenvalue weighted by Crippen LogP contribution is 2.31. The van der Waals surface area contributed by atoms with Crippen molar-refractivity contribution in [3.8, 4) is 28.8 Å². The fraction of sp³-hybridized carbons (Fsp3) is 0.105. The Labute approximate surface area is 143 Å². The molecule has 2 heterocycles. The molecule has 0 amide bonds. The zero-order valence-electron chi connectivity index (χ0n) is 13.3. The zero-order valence-corrected chi connectivity index (χ0v) is 13.3. The maximum absolute atomic E-state index is 10.3. The molecule has 0 aliphatic heterocycles. The van der Waals surface area contributed by atoms with Gasteiger partial charge in [0, 0.05) is 6.54 Å². The summed E-state index contributed by atoms with van der Waals surface area (Å²) in [7, 11) is 0. The number of phenolic OH excluding ortho intramolecular Hbond substituents is 3. The Morgan fingerprint density at radius 1 is 0.920 bits per heavy atom. The number of hydrogen-bond donors (Lipinski definition) is 3. The molecule has 4 aromatic rings. The summed E-state index contributed by atoms with van der Waals surface area (Å²) in [5, 5.41) is 29.4. The number of phenols is 3. The quantitative estimate of drug-likeness (QED) is 0.495. The highest BCUT2D eigenvalue weighted by Gasteiger charge is 2.17. The molecule has 0 saturated heterocycles. The minimum atomic E-state index is -0.151. The van der Waals surface area contributed by atoms with E-state index in [4.69, 9.17) is 4.42 Å². The number of furan rings is 1. The van der Waals surface area contributed by atoms with Crippen LogP contribution in [-0.4, -0.2) is 24.9 Å². The topological polar surface area (TPSA) is 91.7 Å². The molecule has 3 N–H and O–H groups in total. The molecule has 0 spiro atoms. The van der Waals surface area contributed by atoms with Crippen molar-refractivity contribution in [2.75, 3.05) is 0 Å². The number of rotatable bonds is 4. The lowest BCUT2D eigenvalue weighted by molar-refractivity contribution is 0.403. The molecule has 2 aromatic carbocycles. The molecule has 0 atom stereocenters. The van der Waals surface area contributed by atoms with E-state index in [2.05, 4.69) is 4.98 Å². The molecular formula is C19H16N2O4. The van der Waals surface area contributed by atoms with Crippen molar-refractivity contribution < 1.29 is 19.7 Å². The molecule has 0 radical (unpaired) electrons. The van der Waals surface area contributed by atoms with E-state index in [1.165, 1.54) is 12.1 Å². The predicted molar refractivity (Wildman–Crippen MR) is 92.6 cm³/mol. The Morgan fingerprint density at radius 3 is 2.56 bits per heavy atom. The minimum absolute atomic E-state index is 0.147. The molecule has 0 aliphatic rings. The molecule has 25 heavy (non-hydrogen) atoms. The lowest BCUT2D eigenvalue weighted by Gasteiger charge is -2.09. The molecule has 126 valence electrons. The number of benzene rings is 2. The summed E-state index contributed by atoms with van der Waals surface area (Å²) in [4.78, 5) is 4.58. The first-order chi connectivity index (χ1) is 12.1. The van der Waals surface area contributed by atoms with Gasteiger partial charge in [-0.2, -0.15) is 0 Å². The van der Waals surface area contributed by atoms with Crippen LogP contribution in [-0.2, 0) is 13.0 Å². The normalized spacial score (nSPS) is 11.2. The highest BCUT2D eigenvalue weighted by atomic mass is 16.3. The van der Waals surface area contributed by atoms with Gasteiger partial charge in [-0.15, -0.1) is 0 Å². The monoisotopic (exact) mass is 336 g/mol. The Bertz CT molecular complexity index is 1040. The van der Waals surface area contributed by atoms with Crippen LogP contribution >= 0.6 is 0 Å². The van der Waals surface area contributed by atoms with Crippen molar-refractivity contribution in [2.24, 2.45) is 0 Å². The standard InChI is InChI=1S/C19H16N2O4/c22-14-7-6-12(11-16(14)24)8-9-21-18-13(3-1-4-15(18)23)20-19(21)17-5-2-10-25-17/h1-7,10-11,22-24H,8-9H2. The average Bonchev–Trinajstić information content (AvgIpc) is 3.24. The van der Waals surface area contributed by atoms with E-state index in [1.807, 2.05) is 16.7 Å². The minimum Gasteiger partial charge on any atom is -0.506 e. The van der Waals surface area contributed by atoms with Crippen LogP contribution in [0.15, 0.2) is 59.2 Å². The third-order valence-electron chi connectivity index (χ3n) is 4.15. The fourth-order valence-corrected chi connectivity index (χ4v) is 2.94. The lowest BCUT2D eigenvalue weighted by atomic mass is 10.1. The van der Waals surface area contributed by atoms with Gasteiger partial charge in [0.15, 0.2) is 23.1 Å². The molecule has 4 rings (SSSR count). The molecule has 6 heteroatoms. The Hall–Kier alpha value is -3.41. The summed E-state index contributed by atoms with van der Waals surface area (Å²) < 4.78 is 7.37. The van der Waals surface area contributed by atoms with E-state index in [0.717, 1.165) is 5.56 Å². The molecule has 0 saturated carbocycles. The van der Waals surface area contributed by atoms with Crippen LogP contribution < -0.4 is 0 Å². The lowest BCUT2D eigenvalue weighted by Crippen LogP contribution is -2.03. The van der Waals surface area contributed by atoms with Crippen molar-refractivity contribution >= 4 is 11.0 Å². The van der Waals surface area contributed by atoms with E-state index in [1.54, 1.807) is 30.5 Å². The number of aromatic hydroxyl groups is 3. The van der Waals surface area contributed by atoms with Crippen molar-refractivity contribution in [3.63, 3.8) is 0 Å². The van der Waals surface area contributed by atoms with Gasteiger partial charge in [-0.1, -0.05) is 12.1 Å². The largest absolute Gasteiger partial charge is 0.506 e. The predicted octanol–water partition coefficient (Wildman–Crippen LogP) is 3.66. The van der Waals surface area contributed by atoms with E-state index < -0.39 is 0 Å². The number of nitrogens with zero attached hydrogens (tertiary/aromatic N) is 2. The third-order valence-corrected chi connectivity index (χ3v) is 4.15. The smallest absolute Gasteiger partial charge is 0.177 e. The third kappa shape index (κ3) is 2.67. The van der Waals surface area contributed by atoms with Crippen molar-refractivity contribution in [1.29, 1.82) is 0 Å². The van der Waals surface area contributed by atoms with Gasteiger partial charge in [0.05, 0.1) is 11.8 Å². The van der Waals surface area contributed by atoms with Crippen LogP contribution in [0.2, 0.25) is 0 Å². The second kappa shape index (κ2) is 5.90. The van der Waals surface area contributed by atoms with Crippen molar-refractivity contribution in [2.45, 2.75) is 13.0 Å². The molecule has 2 aromatic heterocycles. The van der Waals surface area contributed by atoms with E-state index in [0.29, 0.717) is 35.6 Å². The highest BCUT2D eigenvalue weighted by molar-refractivity contribution is 5.85. The Morgan fingerprint density at radius 2 is 1.80 bits per heavy atom. The van der Waals surface area contributed by atoms with Crippen LogP contribution in [0.25, 0.3) is 22.6 Å². The first-order valence-electron chi connectivity index (χ1n) is 7.86. The summed E-state index contributed by atoms with van der Waals surface area (Å²) >= 11 is 0. The fourth-order valence-electron chi connectivity index (χ4n) is 2.94. The Balaban J connectivity index is 1.76. The van der Waals surface area contributed by atoms with Crippen LogP contribution in [0, 0.1) is 0 Å². The number of aryl methyl sites for hydroxylation is 2. The first kappa shape index (κ1) is 15.1. The van der Waals surface area contributed by atoms with Gasteiger partial charge in [0.1, 0.15) is 11.3 Å². The molecule has 0 aliphatic carbocycles. The summed E-state index contributed by atoms with van der Waals surface area (Å²) in [6, 6.07) is 13.6. The Kier molecular flexibility index (Phi) is 3.57. The van der Waals surface area contributed by atoms with Crippen LogP contribution in [0.4, 0.5) is 0 Å². The molecule has 6 nitrogen and oxygen atoms in total. The second-order valence-corrected chi connectivity index (χ2v) is 5.78. The number of hydrogen-bond acceptors (Lipinski definition) is 5. The molecule has 0 fully saturated rings. The van der Waals surface area contributed by atoms with Gasteiger partial charge in [-0.05, 0) is 48.4 Å². The van der Waals surface area contributed by atoms with E-state index >= 15 is 0 Å². The van der Waals surface area contributed by atoms with Gasteiger partial charge >= 0.3 is 0 Å². The maximum atomic E-state index is 10.3. The van der Waals surface area contributed by atoms with Crippen molar-refractivity contribution in [1.82, 2.24) is 9.55 Å². The van der Waals surface area contributed by atoms with Crippen molar-refractivity contribution in [3.05, 3.63) is 60.4 Å². The average molecular weight is 336 g/mol. The molecule has 0 bridgehead atoms. The number of fused-ring (bicyclic) bond motifs is 1. The van der Waals surface area contributed by atoms with Crippen LogP contribution in [0.1, 0.15) is 5.56 Å². The van der Waals surface area contributed by atoms with Crippen LogP contribution in [0.5, 0.6) is 17.2 Å². The number of aromatic nitrogens is 2. The van der Waals surface area contributed by atoms with E-state index in [-0.39, 0.29) is 17.2 Å². The maximum Gasteiger partial charge on any atom is 0.177 e. The summed E-state index contributed by atoms with van der Waals surface area (Å²) in [5.74, 6) is 1.10. The number of para-hydroxylation sites is 1. The van der Waals surface area contributed by atoms with Gasteiger partial charge in [0.2, 0.25) is 0 Å². The number of imidazole rings is 1. The summed E-state index contributed by atoms with van der Waals surface area (Å²) in [5.41, 5.74) is 2.18. The van der Waals surface area contributed by atoms with Gasteiger partial charge in [-0.3, -0.25) is 0 Å². The second-order valence-electron chi connectivity index (χ2n) is 5.78. The van der Waals surface area contributed by atoms with Gasteiger partial charge in [-0.25, -0.2) is 4.98 Å². The van der Waals surface area contributed by atoms with E-state index in [9.17, 15) is 15.3 Å². The van der Waals surface area contributed by atoms with Gasteiger partial charge in [0.25, 0.3) is 0 Å². The first-order valence-corrected chi connectivity index (χ1v) is 7.86. The molecule has 0 unspecified atom stereocenters. The zero-order chi connectivity index (χ0) is 17.4.